The molecule has 3 aromatic carbocycles. The summed E-state index contributed by atoms with van der Waals surface area (Å²) in [4.78, 5) is 13.5. The Kier molecular flexibility index (Phi) is 5.47. The highest BCUT2D eigenvalue weighted by Crippen LogP contribution is 2.44. The lowest BCUT2D eigenvalue weighted by atomic mass is 9.78. The second-order valence-electron chi connectivity index (χ2n) is 8.12. The Morgan fingerprint density at radius 2 is 1.69 bits per heavy atom. The molecule has 0 fully saturated rings. The summed E-state index contributed by atoms with van der Waals surface area (Å²) >= 11 is 3.29. The quantitative estimate of drug-likeness (QED) is 0.433. The summed E-state index contributed by atoms with van der Waals surface area (Å²) in [5, 5.41) is 7.05. The minimum atomic E-state index is -0.373. The van der Waals surface area contributed by atoms with Crippen molar-refractivity contribution in [1.82, 2.24) is 0 Å². The van der Waals surface area contributed by atoms with Crippen molar-refractivity contribution in [2.75, 3.05) is 17.7 Å². The Bertz CT molecular complexity index is 1220. The molecule has 0 saturated carbocycles. The van der Waals surface area contributed by atoms with Gasteiger partial charge in [-0.2, -0.15) is 0 Å². The largest absolute Gasteiger partial charge is 0.497 e. The number of allylic oxidation sites excluding steroid dienone is 1. The number of fused-ring (bicyclic) bond motifs is 1. The number of halogens is 2. The van der Waals surface area contributed by atoms with Crippen LogP contribution in [0.4, 0.5) is 15.8 Å². The smallest absolute Gasteiger partial charge is 0.163 e. The first kappa shape index (κ1) is 20.8. The lowest BCUT2D eigenvalue weighted by Crippen LogP contribution is -2.26. The van der Waals surface area contributed by atoms with Crippen LogP contribution in [0.25, 0.3) is 0 Å². The van der Waals surface area contributed by atoms with Crippen LogP contribution in [0.1, 0.15) is 35.9 Å². The summed E-state index contributed by atoms with van der Waals surface area (Å²) in [6, 6.07) is 20.4. The molecule has 4 nitrogen and oxygen atoms in total. The fourth-order valence-electron chi connectivity index (χ4n) is 4.55. The van der Waals surface area contributed by atoms with Crippen LogP contribution < -0.4 is 15.4 Å². The summed E-state index contributed by atoms with van der Waals surface area (Å²) in [5.74, 6) is 0.629. The lowest BCUT2D eigenvalue weighted by Gasteiger charge is -2.30. The molecule has 0 saturated heterocycles. The van der Waals surface area contributed by atoms with Gasteiger partial charge < -0.3 is 15.4 Å². The molecule has 2 N–H and O–H groups in total. The number of nitrogens with one attached hydrogen (secondary N) is 2. The number of Topliss-reactive ketones (excluding diaryl/α,β-unsaturated/α-hetero) is 1. The van der Waals surface area contributed by atoms with Gasteiger partial charge in [0.15, 0.2) is 5.78 Å². The van der Waals surface area contributed by atoms with Crippen molar-refractivity contribution < 1.29 is 13.9 Å². The van der Waals surface area contributed by atoms with E-state index in [1.54, 1.807) is 19.2 Å². The predicted octanol–water partition coefficient (Wildman–Crippen LogP) is 6.58. The molecule has 0 aromatic heterocycles. The summed E-state index contributed by atoms with van der Waals surface area (Å²) in [6.07, 6.45) is 1.13. The van der Waals surface area contributed by atoms with Crippen molar-refractivity contribution in [3.05, 3.63) is 99.4 Å². The van der Waals surface area contributed by atoms with Gasteiger partial charge in [-0.05, 0) is 75.8 Å². The van der Waals surface area contributed by atoms with Crippen molar-refractivity contribution in [2.24, 2.45) is 0 Å². The van der Waals surface area contributed by atoms with E-state index >= 15 is 0 Å². The monoisotopic (exact) mass is 492 g/mol. The van der Waals surface area contributed by atoms with Gasteiger partial charge in [-0.15, -0.1) is 0 Å². The lowest BCUT2D eigenvalue weighted by molar-refractivity contribution is -0.116. The number of ketones is 1. The normalized spacial score (nSPS) is 19.9. The number of methoxy groups -OCH3 is 1. The van der Waals surface area contributed by atoms with Gasteiger partial charge in [0, 0.05) is 17.7 Å². The number of hydrogen-bond donors (Lipinski definition) is 2. The van der Waals surface area contributed by atoms with Gasteiger partial charge in [-0.1, -0.05) is 30.3 Å². The van der Waals surface area contributed by atoms with E-state index in [0.29, 0.717) is 22.9 Å². The van der Waals surface area contributed by atoms with Crippen LogP contribution in [0, 0.1) is 5.82 Å². The molecule has 0 spiro atoms. The first-order chi connectivity index (χ1) is 15.5. The van der Waals surface area contributed by atoms with E-state index in [1.165, 1.54) is 6.07 Å². The molecule has 1 heterocycles. The minimum absolute atomic E-state index is 0.0746. The van der Waals surface area contributed by atoms with Crippen LogP contribution in [0.15, 0.2) is 82.5 Å². The molecule has 0 amide bonds. The first-order valence-corrected chi connectivity index (χ1v) is 11.3. The Labute approximate surface area is 194 Å². The number of carbonyl (C=O) groups is 1. The van der Waals surface area contributed by atoms with Crippen LogP contribution in [-0.2, 0) is 4.79 Å². The van der Waals surface area contributed by atoms with E-state index in [1.807, 2.05) is 48.5 Å². The van der Waals surface area contributed by atoms with Gasteiger partial charge >= 0.3 is 0 Å². The van der Waals surface area contributed by atoms with Gasteiger partial charge in [0.1, 0.15) is 11.6 Å². The zero-order valence-corrected chi connectivity index (χ0v) is 19.1. The molecule has 2 atom stereocenters. The molecule has 162 valence electrons. The van der Waals surface area contributed by atoms with E-state index in [2.05, 4.69) is 26.6 Å². The zero-order chi connectivity index (χ0) is 22.2. The van der Waals surface area contributed by atoms with Crippen molar-refractivity contribution >= 4 is 33.1 Å². The molecule has 3 aromatic rings. The highest BCUT2D eigenvalue weighted by atomic mass is 79.9. The SMILES string of the molecule is COc1ccc([C@H]2CC(=O)C3=C(C2)Nc2ccccc2N[C@@H]3c2ccc(F)c(Br)c2)cc1. The van der Waals surface area contributed by atoms with Gasteiger partial charge in [0.2, 0.25) is 0 Å². The Morgan fingerprint density at radius 3 is 2.41 bits per heavy atom. The average Bonchev–Trinajstić information content (AvgIpc) is 2.98. The number of rotatable bonds is 3. The summed E-state index contributed by atoms with van der Waals surface area (Å²) in [6.45, 7) is 0. The zero-order valence-electron chi connectivity index (χ0n) is 17.5. The molecule has 2 aliphatic rings. The minimum Gasteiger partial charge on any atom is -0.497 e. The summed E-state index contributed by atoms with van der Waals surface area (Å²) in [7, 11) is 1.64. The Hall–Kier alpha value is -3.12. The predicted molar refractivity (Wildman–Crippen MR) is 128 cm³/mol. The number of anilines is 2. The van der Waals surface area contributed by atoms with Gasteiger partial charge in [0.05, 0.1) is 29.0 Å². The van der Waals surface area contributed by atoms with Crippen molar-refractivity contribution in [2.45, 2.75) is 24.8 Å². The second-order valence-corrected chi connectivity index (χ2v) is 8.97. The number of hydrogen-bond acceptors (Lipinski definition) is 4. The molecule has 0 radical (unpaired) electrons. The fourth-order valence-corrected chi connectivity index (χ4v) is 4.94. The van der Waals surface area contributed by atoms with Crippen molar-refractivity contribution in [3.8, 4) is 5.75 Å². The number of ether oxygens (including phenoxy) is 1. The van der Waals surface area contributed by atoms with E-state index in [0.717, 1.165) is 33.9 Å². The van der Waals surface area contributed by atoms with Crippen LogP contribution in [-0.4, -0.2) is 12.9 Å². The standard InChI is InChI=1S/C26H22BrFN2O2/c1-32-18-9-6-15(7-10-18)17-13-23-25(24(31)14-17)26(16-8-11-20(28)19(27)12-16)30-22-5-3-2-4-21(22)29-23/h2-12,17,26,29-30H,13-14H2,1H3/t17-,26-/m1/s1. The summed E-state index contributed by atoms with van der Waals surface area (Å²) < 4.78 is 19.6. The molecule has 6 heteroatoms. The maximum absolute atomic E-state index is 13.9. The first-order valence-electron chi connectivity index (χ1n) is 10.5. The average molecular weight is 493 g/mol. The third-order valence-corrected chi connectivity index (χ3v) is 6.78. The van der Waals surface area contributed by atoms with Crippen LogP contribution in [0.2, 0.25) is 0 Å². The summed E-state index contributed by atoms with van der Waals surface area (Å²) in [5.41, 5.74) is 5.39. The van der Waals surface area contributed by atoms with E-state index in [-0.39, 0.29) is 23.6 Å². The fraction of sp³-hybridized carbons (Fsp3) is 0.192. The molecule has 5 rings (SSSR count). The molecule has 0 bridgehead atoms. The topological polar surface area (TPSA) is 50.4 Å². The van der Waals surface area contributed by atoms with Gasteiger partial charge in [0.25, 0.3) is 0 Å². The van der Waals surface area contributed by atoms with Crippen molar-refractivity contribution in [1.29, 1.82) is 0 Å². The van der Waals surface area contributed by atoms with Crippen LogP contribution >= 0.6 is 15.9 Å². The molecule has 1 aliphatic heterocycles. The van der Waals surface area contributed by atoms with E-state index in [9.17, 15) is 9.18 Å². The highest BCUT2D eigenvalue weighted by molar-refractivity contribution is 9.10. The molecule has 1 aliphatic carbocycles. The van der Waals surface area contributed by atoms with Gasteiger partial charge in [-0.25, -0.2) is 4.39 Å². The van der Waals surface area contributed by atoms with Crippen molar-refractivity contribution in [3.63, 3.8) is 0 Å². The molecule has 32 heavy (non-hydrogen) atoms. The Balaban J connectivity index is 1.59. The maximum atomic E-state index is 13.9. The molecule has 0 unspecified atom stereocenters. The number of para-hydroxylation sites is 2. The third kappa shape index (κ3) is 3.79. The third-order valence-electron chi connectivity index (χ3n) is 6.17. The Morgan fingerprint density at radius 1 is 0.969 bits per heavy atom. The van der Waals surface area contributed by atoms with Gasteiger partial charge in [-0.3, -0.25) is 4.79 Å². The highest BCUT2D eigenvalue weighted by Gasteiger charge is 2.36. The van der Waals surface area contributed by atoms with E-state index < -0.39 is 0 Å². The van der Waals surface area contributed by atoms with Crippen LogP contribution in [0.3, 0.4) is 0 Å². The number of benzene rings is 3. The molecular weight excluding hydrogens is 471 g/mol. The maximum Gasteiger partial charge on any atom is 0.163 e. The number of carbonyl (C=O) groups excluding carboxylic acids is 1. The second kappa shape index (κ2) is 8.43. The molecular formula is C26H22BrFN2O2. The van der Waals surface area contributed by atoms with Crippen LogP contribution in [0.5, 0.6) is 5.75 Å². The van der Waals surface area contributed by atoms with E-state index in [4.69, 9.17) is 4.74 Å².